The lowest BCUT2D eigenvalue weighted by Gasteiger charge is -2.34. The molecule has 1 N–H and O–H groups in total. The van der Waals surface area contributed by atoms with E-state index in [-0.39, 0.29) is 11.9 Å². The van der Waals surface area contributed by atoms with E-state index in [2.05, 4.69) is 27.3 Å². The first kappa shape index (κ1) is 21.6. The van der Waals surface area contributed by atoms with Gasteiger partial charge in [0.15, 0.2) is 5.82 Å². The van der Waals surface area contributed by atoms with E-state index in [0.717, 1.165) is 29.9 Å². The van der Waals surface area contributed by atoms with Crippen LogP contribution in [0.25, 0.3) is 0 Å². The molecule has 1 amide bonds. The van der Waals surface area contributed by atoms with Crippen LogP contribution in [0.2, 0.25) is 0 Å². The van der Waals surface area contributed by atoms with Crippen LogP contribution in [0.3, 0.4) is 0 Å². The zero-order chi connectivity index (χ0) is 22.0. The van der Waals surface area contributed by atoms with Gasteiger partial charge in [-0.2, -0.15) is 4.98 Å². The molecule has 1 aliphatic heterocycles. The van der Waals surface area contributed by atoms with Crippen molar-refractivity contribution in [1.82, 2.24) is 9.97 Å². The molecule has 1 aromatic carbocycles. The zero-order valence-electron chi connectivity index (χ0n) is 19.0. The van der Waals surface area contributed by atoms with Gasteiger partial charge >= 0.3 is 0 Å². The summed E-state index contributed by atoms with van der Waals surface area (Å²) in [5.41, 5.74) is 1.40. The summed E-state index contributed by atoms with van der Waals surface area (Å²) < 4.78 is 5.44. The standard InChI is InChI=1S/C24H33N5O2/c1-24(2)16-29(18-12-8-9-13-18)21-20(28(3)22(24)30)14-25-23(27-21)26-19(15-31-4)17-10-6-5-7-11-17/h5-7,10-11,14,18-19H,8-9,12-13,15-16H2,1-4H3,(H,25,26,27)/t19-/m0/s1. The molecule has 2 aliphatic rings. The fraction of sp³-hybridized carbons (Fsp3) is 0.542. The van der Waals surface area contributed by atoms with Gasteiger partial charge in [-0.25, -0.2) is 4.98 Å². The van der Waals surface area contributed by atoms with Crippen LogP contribution in [-0.4, -0.2) is 49.2 Å². The minimum atomic E-state index is -0.492. The normalized spacial score (nSPS) is 19.8. The van der Waals surface area contributed by atoms with Crippen molar-refractivity contribution in [3.8, 4) is 0 Å². The third-order valence-corrected chi connectivity index (χ3v) is 6.44. The van der Waals surface area contributed by atoms with Crippen molar-refractivity contribution in [2.75, 3.05) is 42.4 Å². The van der Waals surface area contributed by atoms with Crippen LogP contribution in [0.4, 0.5) is 17.5 Å². The van der Waals surface area contributed by atoms with Crippen molar-refractivity contribution in [3.05, 3.63) is 42.1 Å². The molecule has 166 valence electrons. The Morgan fingerprint density at radius 2 is 1.94 bits per heavy atom. The molecule has 2 aromatic rings. The SMILES string of the molecule is COC[C@H](Nc1ncc2c(n1)N(C1CCCC1)CC(C)(C)C(=O)N2C)c1ccccc1. The number of rotatable bonds is 6. The molecule has 0 spiro atoms. The second kappa shape index (κ2) is 8.83. The van der Waals surface area contributed by atoms with E-state index in [9.17, 15) is 4.79 Å². The monoisotopic (exact) mass is 423 g/mol. The number of amides is 1. The van der Waals surface area contributed by atoms with Gasteiger partial charge in [0.1, 0.15) is 5.69 Å². The van der Waals surface area contributed by atoms with Crippen LogP contribution >= 0.6 is 0 Å². The Bertz CT molecular complexity index is 911. The van der Waals surface area contributed by atoms with Crippen LogP contribution in [0, 0.1) is 5.41 Å². The number of nitrogens with one attached hydrogen (secondary N) is 1. The number of ether oxygens (including phenoxy) is 1. The number of fused-ring (bicyclic) bond motifs is 1. The van der Waals surface area contributed by atoms with E-state index in [4.69, 9.17) is 9.72 Å². The molecule has 0 bridgehead atoms. The minimum absolute atomic E-state index is 0.0641. The van der Waals surface area contributed by atoms with Crippen molar-refractivity contribution >= 4 is 23.4 Å². The topological polar surface area (TPSA) is 70.6 Å². The van der Waals surface area contributed by atoms with E-state index in [1.54, 1.807) is 18.2 Å². The van der Waals surface area contributed by atoms with E-state index < -0.39 is 5.41 Å². The Hall–Kier alpha value is -2.67. The third-order valence-electron chi connectivity index (χ3n) is 6.44. The van der Waals surface area contributed by atoms with Gasteiger partial charge in [-0.15, -0.1) is 0 Å². The fourth-order valence-electron chi connectivity index (χ4n) is 4.76. The molecule has 0 saturated heterocycles. The predicted octanol–water partition coefficient (Wildman–Crippen LogP) is 4.03. The number of methoxy groups -OCH3 is 1. The van der Waals surface area contributed by atoms with Gasteiger partial charge in [0, 0.05) is 26.7 Å². The van der Waals surface area contributed by atoms with E-state index in [1.165, 1.54) is 12.8 Å². The number of hydrogen-bond donors (Lipinski definition) is 1. The summed E-state index contributed by atoms with van der Waals surface area (Å²) in [5, 5.41) is 3.45. The summed E-state index contributed by atoms with van der Waals surface area (Å²) in [7, 11) is 3.52. The zero-order valence-corrected chi connectivity index (χ0v) is 19.0. The van der Waals surface area contributed by atoms with Gasteiger partial charge in [0.05, 0.1) is 24.3 Å². The highest BCUT2D eigenvalue weighted by Crippen LogP contribution is 2.40. The number of aromatic nitrogens is 2. The summed E-state index contributed by atoms with van der Waals surface area (Å²) in [6.45, 7) is 5.21. The first-order valence-corrected chi connectivity index (χ1v) is 11.1. The largest absolute Gasteiger partial charge is 0.382 e. The summed E-state index contributed by atoms with van der Waals surface area (Å²) in [6.07, 6.45) is 6.50. The van der Waals surface area contributed by atoms with Gasteiger partial charge in [0.2, 0.25) is 11.9 Å². The Morgan fingerprint density at radius 1 is 1.23 bits per heavy atom. The molecule has 0 radical (unpaired) electrons. The molecule has 1 aliphatic carbocycles. The van der Waals surface area contributed by atoms with Crippen molar-refractivity contribution in [2.45, 2.75) is 51.6 Å². The highest BCUT2D eigenvalue weighted by Gasteiger charge is 2.41. The van der Waals surface area contributed by atoms with Gasteiger partial charge in [-0.3, -0.25) is 4.79 Å². The Morgan fingerprint density at radius 3 is 2.61 bits per heavy atom. The lowest BCUT2D eigenvalue weighted by molar-refractivity contribution is -0.125. The van der Waals surface area contributed by atoms with E-state index in [0.29, 0.717) is 25.1 Å². The van der Waals surface area contributed by atoms with Crippen LogP contribution in [0.1, 0.15) is 51.1 Å². The van der Waals surface area contributed by atoms with Crippen molar-refractivity contribution < 1.29 is 9.53 Å². The summed E-state index contributed by atoms with van der Waals surface area (Å²) >= 11 is 0. The highest BCUT2D eigenvalue weighted by atomic mass is 16.5. The molecule has 4 rings (SSSR count). The Balaban J connectivity index is 1.71. The van der Waals surface area contributed by atoms with Crippen LogP contribution in [0.15, 0.2) is 36.5 Å². The minimum Gasteiger partial charge on any atom is -0.382 e. The molecule has 0 unspecified atom stereocenters. The maximum Gasteiger partial charge on any atom is 0.234 e. The number of carbonyl (C=O) groups excluding carboxylic acids is 1. The van der Waals surface area contributed by atoms with Crippen LogP contribution in [0.5, 0.6) is 0 Å². The van der Waals surface area contributed by atoms with Gasteiger partial charge in [-0.1, -0.05) is 43.2 Å². The summed E-state index contributed by atoms with van der Waals surface area (Å²) in [4.78, 5) is 26.7. The molecule has 7 nitrogen and oxygen atoms in total. The van der Waals surface area contributed by atoms with Gasteiger partial charge < -0.3 is 19.9 Å². The smallest absolute Gasteiger partial charge is 0.234 e. The van der Waals surface area contributed by atoms with Crippen LogP contribution in [-0.2, 0) is 9.53 Å². The van der Waals surface area contributed by atoms with Gasteiger partial charge in [0.25, 0.3) is 0 Å². The molecule has 2 heterocycles. The first-order chi connectivity index (χ1) is 14.9. The van der Waals surface area contributed by atoms with Gasteiger partial charge in [-0.05, 0) is 32.3 Å². The number of nitrogens with zero attached hydrogens (tertiary/aromatic N) is 4. The number of anilines is 3. The first-order valence-electron chi connectivity index (χ1n) is 11.1. The quantitative estimate of drug-likeness (QED) is 0.757. The lowest BCUT2D eigenvalue weighted by atomic mass is 9.91. The molecular weight excluding hydrogens is 390 g/mol. The molecule has 1 aromatic heterocycles. The summed E-state index contributed by atoms with van der Waals surface area (Å²) in [5.74, 6) is 1.49. The average molecular weight is 424 g/mol. The average Bonchev–Trinajstić information content (AvgIpc) is 3.29. The molecule has 7 heteroatoms. The maximum absolute atomic E-state index is 13.1. The highest BCUT2D eigenvalue weighted by molar-refractivity contribution is 6.00. The fourth-order valence-corrected chi connectivity index (χ4v) is 4.76. The predicted molar refractivity (Wildman–Crippen MR) is 124 cm³/mol. The van der Waals surface area contributed by atoms with E-state index >= 15 is 0 Å². The summed E-state index contributed by atoms with van der Waals surface area (Å²) in [6, 6.07) is 10.5. The van der Waals surface area contributed by atoms with Crippen molar-refractivity contribution in [2.24, 2.45) is 5.41 Å². The number of hydrogen-bond acceptors (Lipinski definition) is 6. The lowest BCUT2D eigenvalue weighted by Crippen LogP contribution is -2.45. The second-order valence-corrected chi connectivity index (χ2v) is 9.28. The van der Waals surface area contributed by atoms with Crippen LogP contribution < -0.4 is 15.1 Å². The molecule has 31 heavy (non-hydrogen) atoms. The Kier molecular flexibility index (Phi) is 6.14. The van der Waals surface area contributed by atoms with E-state index in [1.807, 2.05) is 39.1 Å². The molecular formula is C24H33N5O2. The molecule has 1 atom stereocenters. The number of carbonyl (C=O) groups is 1. The van der Waals surface area contributed by atoms with Crippen molar-refractivity contribution in [1.29, 1.82) is 0 Å². The van der Waals surface area contributed by atoms with Crippen molar-refractivity contribution in [3.63, 3.8) is 0 Å². The molecule has 1 fully saturated rings. The number of benzene rings is 1. The molecule has 1 saturated carbocycles. The second-order valence-electron chi connectivity index (χ2n) is 9.28. The Labute approximate surface area is 184 Å². The third kappa shape index (κ3) is 4.37. The maximum atomic E-state index is 13.1.